The van der Waals surface area contributed by atoms with Crippen molar-refractivity contribution in [3.05, 3.63) is 30.1 Å². The van der Waals surface area contributed by atoms with E-state index in [-0.39, 0.29) is 5.82 Å². The molecule has 1 aromatic rings. The zero-order valence-corrected chi connectivity index (χ0v) is 10.8. The zero-order valence-electron chi connectivity index (χ0n) is 10.8. The molecule has 1 aromatic carbocycles. The Morgan fingerprint density at radius 3 is 2.72 bits per heavy atom. The molecule has 0 spiro atoms. The number of guanidine groups is 1. The highest BCUT2D eigenvalue weighted by Gasteiger charge is 2.14. The van der Waals surface area contributed by atoms with Crippen molar-refractivity contribution in [2.45, 2.75) is 38.1 Å². The molecule has 0 saturated heterocycles. The van der Waals surface area contributed by atoms with Gasteiger partial charge in [-0.1, -0.05) is 25.3 Å². The number of halogens is 1. The fraction of sp³-hybridized carbons (Fsp3) is 0.500. The van der Waals surface area contributed by atoms with E-state index in [0.29, 0.717) is 12.0 Å². The third kappa shape index (κ3) is 3.22. The van der Waals surface area contributed by atoms with Crippen molar-refractivity contribution in [2.75, 3.05) is 11.9 Å². The zero-order chi connectivity index (χ0) is 13.0. The summed E-state index contributed by atoms with van der Waals surface area (Å²) in [6.45, 7) is 0. The van der Waals surface area contributed by atoms with Gasteiger partial charge in [-0.05, 0) is 31.0 Å². The van der Waals surface area contributed by atoms with Crippen LogP contribution in [0.5, 0.6) is 0 Å². The summed E-state index contributed by atoms with van der Waals surface area (Å²) in [6.07, 6.45) is 5.97. The number of rotatable bonds is 2. The second-order valence-corrected chi connectivity index (χ2v) is 4.82. The fourth-order valence-corrected chi connectivity index (χ4v) is 2.30. The molecule has 0 amide bonds. The highest BCUT2D eigenvalue weighted by atomic mass is 19.1. The largest absolute Gasteiger partial charge is 0.370 e. The number of aliphatic imine (C=N–C) groups is 1. The molecule has 1 aliphatic carbocycles. The molecule has 1 saturated carbocycles. The van der Waals surface area contributed by atoms with Gasteiger partial charge in [0.1, 0.15) is 5.82 Å². The lowest BCUT2D eigenvalue weighted by Crippen LogP contribution is -2.35. The van der Waals surface area contributed by atoms with Crippen LogP contribution < -0.4 is 10.6 Å². The Morgan fingerprint density at radius 1 is 1.33 bits per heavy atom. The first-order valence-corrected chi connectivity index (χ1v) is 6.49. The minimum absolute atomic E-state index is 0.259. The van der Waals surface area contributed by atoms with Crippen molar-refractivity contribution in [3.63, 3.8) is 0 Å². The summed E-state index contributed by atoms with van der Waals surface area (Å²) >= 11 is 0. The molecule has 0 bridgehead atoms. The number of anilines is 1. The highest BCUT2D eigenvalue weighted by Crippen LogP contribution is 2.21. The molecule has 98 valence electrons. The normalized spacial score (nSPS) is 17.8. The first-order valence-electron chi connectivity index (χ1n) is 6.49. The van der Waals surface area contributed by atoms with E-state index in [1.165, 1.54) is 31.4 Å². The maximum Gasteiger partial charge on any atom is 0.195 e. The minimum atomic E-state index is -0.259. The number of hydrogen-bond acceptors (Lipinski definition) is 1. The van der Waals surface area contributed by atoms with Crippen molar-refractivity contribution in [3.8, 4) is 0 Å². The maximum atomic E-state index is 13.1. The monoisotopic (exact) mass is 249 g/mol. The molecule has 0 aromatic heterocycles. The Hall–Kier alpha value is -1.58. The van der Waals surface area contributed by atoms with Crippen LogP contribution in [0, 0.1) is 5.82 Å². The van der Waals surface area contributed by atoms with Crippen LogP contribution in [-0.2, 0) is 0 Å². The summed E-state index contributed by atoms with van der Waals surface area (Å²) in [6, 6.07) is 6.71. The van der Waals surface area contributed by atoms with Crippen molar-refractivity contribution in [1.29, 1.82) is 0 Å². The lowest BCUT2D eigenvalue weighted by atomic mass is 9.96. The van der Waals surface area contributed by atoms with E-state index in [0.717, 1.165) is 18.5 Å². The van der Waals surface area contributed by atoms with Gasteiger partial charge in [0.05, 0.1) is 6.04 Å². The van der Waals surface area contributed by atoms with E-state index in [9.17, 15) is 4.39 Å². The third-order valence-corrected chi connectivity index (χ3v) is 3.43. The predicted octanol–water partition coefficient (Wildman–Crippen LogP) is 2.91. The third-order valence-electron chi connectivity index (χ3n) is 3.43. The molecule has 3 nitrogen and oxygen atoms in total. The van der Waals surface area contributed by atoms with Gasteiger partial charge in [0, 0.05) is 12.7 Å². The Bertz CT molecular complexity index is 425. The molecule has 2 rings (SSSR count). The molecule has 4 heteroatoms. The van der Waals surface area contributed by atoms with Gasteiger partial charge in [-0.15, -0.1) is 0 Å². The Kier molecular flexibility index (Phi) is 4.18. The van der Waals surface area contributed by atoms with Gasteiger partial charge in [0.15, 0.2) is 5.96 Å². The van der Waals surface area contributed by atoms with E-state index < -0.39 is 0 Å². The summed E-state index contributed by atoms with van der Waals surface area (Å²) in [7, 11) is 1.82. The number of hydrogen-bond donors (Lipinski definition) is 1. The Labute approximate surface area is 108 Å². The van der Waals surface area contributed by atoms with Gasteiger partial charge >= 0.3 is 0 Å². The second-order valence-electron chi connectivity index (χ2n) is 4.82. The molecule has 0 aliphatic heterocycles. The smallest absolute Gasteiger partial charge is 0.195 e. The summed E-state index contributed by atoms with van der Waals surface area (Å²) in [5, 5.41) is 0. The first-order chi connectivity index (χ1) is 8.66. The van der Waals surface area contributed by atoms with Gasteiger partial charge in [0.25, 0.3) is 0 Å². The average Bonchev–Trinajstić information content (AvgIpc) is 2.39. The lowest BCUT2D eigenvalue weighted by molar-refractivity contribution is 0.443. The SMILES string of the molecule is CN(C(N)=NC1CCCCC1)c1cccc(F)c1. The van der Waals surface area contributed by atoms with Gasteiger partial charge < -0.3 is 10.6 Å². The standard InChI is InChI=1S/C14H20FN3/c1-18(13-9-5-6-11(15)10-13)14(16)17-12-7-3-2-4-8-12/h5-6,9-10,12H,2-4,7-8H2,1H3,(H2,16,17). The predicted molar refractivity (Wildman–Crippen MR) is 73.3 cm³/mol. The molecule has 0 atom stereocenters. The summed E-state index contributed by atoms with van der Waals surface area (Å²) in [5.41, 5.74) is 6.71. The van der Waals surface area contributed by atoms with Gasteiger partial charge in [0.2, 0.25) is 0 Å². The van der Waals surface area contributed by atoms with Crippen LogP contribution in [-0.4, -0.2) is 19.0 Å². The average molecular weight is 249 g/mol. The molecule has 18 heavy (non-hydrogen) atoms. The first kappa shape index (κ1) is 12.9. The van der Waals surface area contributed by atoms with Crippen molar-refractivity contribution < 1.29 is 4.39 Å². The van der Waals surface area contributed by atoms with Crippen LogP contribution in [0.1, 0.15) is 32.1 Å². The molecule has 2 N–H and O–H groups in total. The van der Waals surface area contributed by atoms with Gasteiger partial charge in [-0.25, -0.2) is 9.38 Å². The second kappa shape index (κ2) is 5.85. The minimum Gasteiger partial charge on any atom is -0.370 e. The van der Waals surface area contributed by atoms with Crippen LogP contribution in [0.4, 0.5) is 10.1 Å². The molecule has 0 radical (unpaired) electrons. The number of benzene rings is 1. The van der Waals surface area contributed by atoms with Crippen LogP contribution in [0.15, 0.2) is 29.3 Å². The Balaban J connectivity index is 2.07. The number of nitrogens with two attached hydrogens (primary N) is 1. The van der Waals surface area contributed by atoms with E-state index in [1.54, 1.807) is 11.0 Å². The summed E-state index contributed by atoms with van der Waals surface area (Å²) in [5.74, 6) is 0.206. The van der Waals surface area contributed by atoms with Crippen molar-refractivity contribution in [1.82, 2.24) is 0 Å². The quantitative estimate of drug-likeness (QED) is 0.647. The van der Waals surface area contributed by atoms with Crippen LogP contribution in [0.3, 0.4) is 0 Å². The van der Waals surface area contributed by atoms with Gasteiger partial charge in [-0.2, -0.15) is 0 Å². The highest BCUT2D eigenvalue weighted by molar-refractivity contribution is 5.94. The topological polar surface area (TPSA) is 41.6 Å². The molecular weight excluding hydrogens is 229 g/mol. The molecule has 0 heterocycles. The summed E-state index contributed by atoms with van der Waals surface area (Å²) in [4.78, 5) is 6.27. The molecule has 1 fully saturated rings. The lowest BCUT2D eigenvalue weighted by Gasteiger charge is -2.22. The van der Waals surface area contributed by atoms with E-state index >= 15 is 0 Å². The van der Waals surface area contributed by atoms with Gasteiger partial charge in [-0.3, -0.25) is 0 Å². The molecule has 1 aliphatic rings. The molecular formula is C14H20FN3. The maximum absolute atomic E-state index is 13.1. The van der Waals surface area contributed by atoms with Crippen molar-refractivity contribution in [2.24, 2.45) is 10.7 Å². The van der Waals surface area contributed by atoms with Crippen LogP contribution >= 0.6 is 0 Å². The number of nitrogens with zero attached hydrogens (tertiary/aromatic N) is 2. The van der Waals surface area contributed by atoms with E-state index in [4.69, 9.17) is 5.73 Å². The van der Waals surface area contributed by atoms with Crippen LogP contribution in [0.25, 0.3) is 0 Å². The summed E-state index contributed by atoms with van der Waals surface area (Å²) < 4.78 is 13.1. The Morgan fingerprint density at radius 2 is 2.06 bits per heavy atom. The van der Waals surface area contributed by atoms with Crippen molar-refractivity contribution >= 4 is 11.6 Å². The van der Waals surface area contributed by atoms with Crippen LogP contribution in [0.2, 0.25) is 0 Å². The molecule has 0 unspecified atom stereocenters. The van der Waals surface area contributed by atoms with E-state index in [2.05, 4.69) is 4.99 Å². The fourth-order valence-electron chi connectivity index (χ4n) is 2.30. The van der Waals surface area contributed by atoms with E-state index in [1.807, 2.05) is 13.1 Å².